The van der Waals surface area contributed by atoms with Crippen molar-refractivity contribution in [2.45, 2.75) is 13.3 Å². The van der Waals surface area contributed by atoms with Crippen molar-refractivity contribution in [1.29, 1.82) is 0 Å². The number of amides is 2. The van der Waals surface area contributed by atoms with Gasteiger partial charge in [-0.3, -0.25) is 9.59 Å². The summed E-state index contributed by atoms with van der Waals surface area (Å²) in [6.07, 6.45) is 1.64. The number of nitrogens with one attached hydrogen (secondary N) is 1. The zero-order chi connectivity index (χ0) is 17.6. The molecule has 0 bridgehead atoms. The van der Waals surface area contributed by atoms with E-state index in [2.05, 4.69) is 15.2 Å². The van der Waals surface area contributed by atoms with Gasteiger partial charge < -0.3 is 15.1 Å². The van der Waals surface area contributed by atoms with E-state index in [1.54, 1.807) is 11.1 Å². The lowest BCUT2D eigenvalue weighted by Crippen LogP contribution is -2.49. The van der Waals surface area contributed by atoms with E-state index in [1.807, 2.05) is 49.4 Å². The predicted molar refractivity (Wildman–Crippen MR) is 97.5 cm³/mol. The summed E-state index contributed by atoms with van der Waals surface area (Å²) in [5.74, 6) is 0.519. The third-order valence-corrected chi connectivity index (χ3v) is 4.34. The van der Waals surface area contributed by atoms with E-state index in [4.69, 9.17) is 0 Å². The zero-order valence-corrected chi connectivity index (χ0v) is 14.3. The Morgan fingerprint density at radius 3 is 2.44 bits per heavy atom. The van der Waals surface area contributed by atoms with Crippen LogP contribution in [0.25, 0.3) is 0 Å². The van der Waals surface area contributed by atoms with E-state index in [-0.39, 0.29) is 18.2 Å². The molecule has 1 aliphatic rings. The molecule has 2 heterocycles. The Morgan fingerprint density at radius 1 is 1.04 bits per heavy atom. The van der Waals surface area contributed by atoms with Crippen molar-refractivity contribution in [1.82, 2.24) is 9.88 Å². The molecule has 1 aromatic carbocycles. The third kappa shape index (κ3) is 4.35. The van der Waals surface area contributed by atoms with Crippen molar-refractivity contribution < 1.29 is 9.59 Å². The quantitative estimate of drug-likeness (QED) is 0.867. The van der Waals surface area contributed by atoms with Gasteiger partial charge in [0.25, 0.3) is 0 Å². The summed E-state index contributed by atoms with van der Waals surface area (Å²) in [6.45, 7) is 4.58. The predicted octanol–water partition coefficient (Wildman–Crippen LogP) is 2.07. The molecule has 1 saturated heterocycles. The maximum Gasteiger partial charge on any atom is 0.233 e. The number of carbonyl (C=O) groups is 2. The smallest absolute Gasteiger partial charge is 0.233 e. The van der Waals surface area contributed by atoms with Crippen molar-refractivity contribution in [3.05, 3.63) is 54.2 Å². The van der Waals surface area contributed by atoms with Gasteiger partial charge in [0, 0.05) is 38.1 Å². The number of aromatic nitrogens is 1. The van der Waals surface area contributed by atoms with Crippen LogP contribution in [0.15, 0.2) is 48.7 Å². The number of benzene rings is 1. The lowest BCUT2D eigenvalue weighted by atomic mass is 10.2. The van der Waals surface area contributed by atoms with E-state index in [0.717, 1.165) is 30.2 Å². The minimum Gasteiger partial charge on any atom is -0.353 e. The SMILES string of the molecule is Cc1ccccc1NC(=O)CC(=O)N1CCN(c2ccccn2)CC1. The average molecular weight is 338 g/mol. The van der Waals surface area contributed by atoms with Crippen LogP contribution in [0.3, 0.4) is 0 Å². The van der Waals surface area contributed by atoms with E-state index >= 15 is 0 Å². The minimum atomic E-state index is -0.272. The summed E-state index contributed by atoms with van der Waals surface area (Å²) < 4.78 is 0. The first-order chi connectivity index (χ1) is 12.1. The third-order valence-electron chi connectivity index (χ3n) is 4.34. The molecule has 1 aromatic heterocycles. The molecule has 1 N–H and O–H groups in total. The van der Waals surface area contributed by atoms with Gasteiger partial charge in [0.15, 0.2) is 0 Å². The van der Waals surface area contributed by atoms with E-state index in [0.29, 0.717) is 13.1 Å². The average Bonchev–Trinajstić information content (AvgIpc) is 2.64. The zero-order valence-electron chi connectivity index (χ0n) is 14.3. The van der Waals surface area contributed by atoms with Gasteiger partial charge in [0.2, 0.25) is 11.8 Å². The number of rotatable bonds is 4. The van der Waals surface area contributed by atoms with E-state index in [9.17, 15) is 9.59 Å². The molecule has 0 aliphatic carbocycles. The molecule has 130 valence electrons. The van der Waals surface area contributed by atoms with E-state index < -0.39 is 0 Å². The number of para-hydroxylation sites is 1. The summed E-state index contributed by atoms with van der Waals surface area (Å²) >= 11 is 0. The van der Waals surface area contributed by atoms with Crippen molar-refractivity contribution in [3.8, 4) is 0 Å². The van der Waals surface area contributed by atoms with Gasteiger partial charge in [-0.1, -0.05) is 24.3 Å². The highest BCUT2D eigenvalue weighted by Crippen LogP contribution is 2.15. The molecule has 6 heteroatoms. The van der Waals surface area contributed by atoms with Crippen LogP contribution < -0.4 is 10.2 Å². The fourth-order valence-electron chi connectivity index (χ4n) is 2.88. The molecule has 0 radical (unpaired) electrons. The fraction of sp³-hybridized carbons (Fsp3) is 0.316. The molecular weight excluding hydrogens is 316 g/mol. The monoisotopic (exact) mass is 338 g/mol. The molecule has 1 aliphatic heterocycles. The molecule has 3 rings (SSSR count). The van der Waals surface area contributed by atoms with Crippen LogP contribution in [0, 0.1) is 6.92 Å². The van der Waals surface area contributed by atoms with E-state index in [1.165, 1.54) is 0 Å². The number of hydrogen-bond acceptors (Lipinski definition) is 4. The number of pyridine rings is 1. The van der Waals surface area contributed by atoms with Crippen LogP contribution in [-0.2, 0) is 9.59 Å². The molecule has 0 atom stereocenters. The van der Waals surface area contributed by atoms with Crippen LogP contribution in [-0.4, -0.2) is 47.9 Å². The number of aryl methyl sites for hydroxylation is 1. The van der Waals surface area contributed by atoms with Gasteiger partial charge in [-0.2, -0.15) is 0 Å². The molecule has 25 heavy (non-hydrogen) atoms. The van der Waals surface area contributed by atoms with Gasteiger partial charge in [-0.15, -0.1) is 0 Å². The maximum atomic E-state index is 12.4. The number of piperazine rings is 1. The number of nitrogens with zero attached hydrogens (tertiary/aromatic N) is 3. The molecule has 0 unspecified atom stereocenters. The second-order valence-electron chi connectivity index (χ2n) is 6.10. The van der Waals surface area contributed by atoms with Gasteiger partial charge in [-0.05, 0) is 30.7 Å². The first kappa shape index (κ1) is 17.0. The normalized spacial score (nSPS) is 14.3. The van der Waals surface area contributed by atoms with Crippen molar-refractivity contribution >= 4 is 23.3 Å². The highest BCUT2D eigenvalue weighted by molar-refractivity contribution is 6.03. The molecule has 6 nitrogen and oxygen atoms in total. The van der Waals surface area contributed by atoms with Gasteiger partial charge in [0.1, 0.15) is 12.2 Å². The summed E-state index contributed by atoms with van der Waals surface area (Å²) in [7, 11) is 0. The molecule has 0 saturated carbocycles. The van der Waals surface area contributed by atoms with Crippen LogP contribution in [0.4, 0.5) is 11.5 Å². The molecule has 2 amide bonds. The highest BCUT2D eigenvalue weighted by atomic mass is 16.2. The fourth-order valence-corrected chi connectivity index (χ4v) is 2.88. The summed E-state index contributed by atoms with van der Waals surface area (Å²) in [5, 5.41) is 2.81. The summed E-state index contributed by atoms with van der Waals surface area (Å²) in [4.78, 5) is 32.7. The standard InChI is InChI=1S/C19H22N4O2/c1-15-6-2-3-7-16(15)21-18(24)14-19(25)23-12-10-22(11-13-23)17-8-4-5-9-20-17/h2-9H,10-14H2,1H3,(H,21,24). The summed E-state index contributed by atoms with van der Waals surface area (Å²) in [6, 6.07) is 13.3. The first-order valence-corrected chi connectivity index (χ1v) is 8.43. The van der Waals surface area contributed by atoms with Gasteiger partial charge in [-0.25, -0.2) is 4.98 Å². The highest BCUT2D eigenvalue weighted by Gasteiger charge is 2.23. The number of hydrogen-bond donors (Lipinski definition) is 1. The first-order valence-electron chi connectivity index (χ1n) is 8.43. The molecular formula is C19H22N4O2. The largest absolute Gasteiger partial charge is 0.353 e. The molecule has 2 aromatic rings. The van der Waals surface area contributed by atoms with Crippen LogP contribution >= 0.6 is 0 Å². The van der Waals surface area contributed by atoms with Gasteiger partial charge >= 0.3 is 0 Å². The van der Waals surface area contributed by atoms with Crippen molar-refractivity contribution in [3.63, 3.8) is 0 Å². The second kappa shape index (κ2) is 7.79. The van der Waals surface area contributed by atoms with Crippen molar-refractivity contribution in [2.75, 3.05) is 36.4 Å². The Kier molecular flexibility index (Phi) is 5.28. The topological polar surface area (TPSA) is 65.5 Å². The summed E-state index contributed by atoms with van der Waals surface area (Å²) in [5.41, 5.74) is 1.73. The molecule has 1 fully saturated rings. The number of carbonyl (C=O) groups excluding carboxylic acids is 2. The Balaban J connectivity index is 1.49. The van der Waals surface area contributed by atoms with Crippen LogP contribution in [0.1, 0.15) is 12.0 Å². The Hall–Kier alpha value is -2.89. The van der Waals surface area contributed by atoms with Crippen molar-refractivity contribution in [2.24, 2.45) is 0 Å². The Bertz CT molecular complexity index is 740. The van der Waals surface area contributed by atoms with Crippen LogP contribution in [0.2, 0.25) is 0 Å². The Labute approximate surface area is 147 Å². The molecule has 0 spiro atoms. The second-order valence-corrected chi connectivity index (χ2v) is 6.10. The maximum absolute atomic E-state index is 12.4. The van der Waals surface area contributed by atoms with Crippen LogP contribution in [0.5, 0.6) is 0 Å². The Morgan fingerprint density at radius 2 is 1.76 bits per heavy atom. The number of anilines is 2. The van der Waals surface area contributed by atoms with Gasteiger partial charge in [0.05, 0.1) is 0 Å². The lowest BCUT2D eigenvalue weighted by molar-refractivity contribution is -0.134. The minimum absolute atomic E-state index is 0.127. The lowest BCUT2D eigenvalue weighted by Gasteiger charge is -2.35.